The fraction of sp³-hybridized carbons (Fsp3) is 0.654. The molecule has 0 saturated heterocycles. The molecule has 2 heterocycles. The summed E-state index contributed by atoms with van der Waals surface area (Å²) in [7, 11) is 0. The van der Waals surface area contributed by atoms with Gasteiger partial charge in [-0.1, -0.05) is 39.8 Å². The number of carbonyl (C=O) groups excluding carboxylic acids is 2. The van der Waals surface area contributed by atoms with Crippen molar-refractivity contribution >= 4 is 17.8 Å². The number of rotatable bonds is 2. The first-order chi connectivity index (χ1) is 15.4. The number of aliphatic hydroxyl groups is 2. The molecule has 5 atom stereocenters. The molecular formula is C26H39NO6. The number of ether oxygens (including phenoxy) is 1. The zero-order valence-corrected chi connectivity index (χ0v) is 20.7. The number of aromatic nitrogens is 1. The molecule has 0 saturated carbocycles. The van der Waals surface area contributed by atoms with Crippen molar-refractivity contribution in [2.24, 2.45) is 17.3 Å². The van der Waals surface area contributed by atoms with E-state index in [9.17, 15) is 19.8 Å². The van der Waals surface area contributed by atoms with E-state index in [0.717, 1.165) is 24.8 Å². The summed E-state index contributed by atoms with van der Waals surface area (Å²) in [5, 5.41) is 21.5. The molecule has 0 fully saturated rings. The summed E-state index contributed by atoms with van der Waals surface area (Å²) in [6.07, 6.45) is 7.50. The molecule has 1 aliphatic heterocycles. The maximum atomic E-state index is 13.1. The molecule has 1 aromatic heterocycles. The Morgan fingerprint density at radius 1 is 1.21 bits per heavy atom. The van der Waals surface area contributed by atoms with Gasteiger partial charge in [-0.15, -0.1) is 0 Å². The Morgan fingerprint density at radius 3 is 2.55 bits per heavy atom. The zero-order valence-electron chi connectivity index (χ0n) is 20.7. The number of hydrogen-bond acceptors (Lipinski definition) is 7. The minimum absolute atomic E-state index is 0.0491. The van der Waals surface area contributed by atoms with Crippen molar-refractivity contribution < 1.29 is 29.0 Å². The first-order valence-electron chi connectivity index (χ1n) is 11.8. The highest BCUT2D eigenvalue weighted by molar-refractivity contribution is 5.88. The maximum absolute atomic E-state index is 13.1. The average molecular weight is 462 g/mol. The van der Waals surface area contributed by atoms with Crippen molar-refractivity contribution in [3.63, 3.8) is 0 Å². The van der Waals surface area contributed by atoms with Gasteiger partial charge < -0.3 is 19.4 Å². The molecule has 0 unspecified atom stereocenters. The third kappa shape index (κ3) is 7.37. The number of hydrogen-bond donors (Lipinski definition) is 2. The molecule has 1 aliphatic rings. The number of esters is 1. The van der Waals surface area contributed by atoms with Crippen molar-refractivity contribution in [3.05, 3.63) is 35.6 Å². The zero-order chi connectivity index (χ0) is 24.8. The lowest BCUT2D eigenvalue weighted by Gasteiger charge is -2.34. The van der Waals surface area contributed by atoms with Gasteiger partial charge in [-0.2, -0.15) is 0 Å². The van der Waals surface area contributed by atoms with Crippen LogP contribution in [0.3, 0.4) is 0 Å². The van der Waals surface area contributed by atoms with E-state index in [2.05, 4.69) is 4.98 Å². The summed E-state index contributed by atoms with van der Waals surface area (Å²) < 4.78 is 11.0. The molecule has 7 heteroatoms. The SMILES string of the molecule is CC(=Cc1coc(C)n1)[C@@H]1CC=CCCC[C@H](C)[C@H](O)[C@@H](C)C(=O)C(C)(C)[C@@H](O)CC(=O)O1. The number of allylic oxidation sites excluding steroid dienone is 1. The molecule has 0 spiro atoms. The van der Waals surface area contributed by atoms with Crippen LogP contribution in [0, 0.1) is 24.2 Å². The second kappa shape index (κ2) is 11.7. The molecule has 0 amide bonds. The number of Topliss-reactive ketones (excluding diaryl/α,β-unsaturated/α-hetero) is 1. The predicted octanol–water partition coefficient (Wildman–Crippen LogP) is 4.41. The molecule has 0 radical (unpaired) electrons. The van der Waals surface area contributed by atoms with Gasteiger partial charge in [0.2, 0.25) is 0 Å². The quantitative estimate of drug-likeness (QED) is 0.496. The minimum Gasteiger partial charge on any atom is -0.457 e. The third-order valence-electron chi connectivity index (χ3n) is 6.68. The van der Waals surface area contributed by atoms with Gasteiger partial charge in [0.05, 0.1) is 24.0 Å². The lowest BCUT2D eigenvalue weighted by Crippen LogP contribution is -2.45. The van der Waals surface area contributed by atoms with E-state index in [4.69, 9.17) is 9.15 Å². The van der Waals surface area contributed by atoms with Gasteiger partial charge in [0, 0.05) is 19.3 Å². The Hall–Kier alpha value is -2.25. The topological polar surface area (TPSA) is 110 Å². The standard InChI is InChI=1S/C26H39NO6/c1-16-11-9-7-8-10-12-21(17(2)13-20-15-32-19(4)27-20)33-23(29)14-22(28)26(5,6)25(31)18(3)24(16)30/h8,10,13,15-16,18,21-22,24,28,30H,7,9,11-12,14H2,1-6H3/t16-,18+,21-,22-,24-/m0/s1. The molecule has 0 bridgehead atoms. The van der Waals surface area contributed by atoms with Crippen LogP contribution in [0.15, 0.2) is 28.4 Å². The Balaban J connectivity index is 2.27. The van der Waals surface area contributed by atoms with Crippen LogP contribution in [0.5, 0.6) is 0 Å². The molecule has 2 rings (SSSR count). The first kappa shape index (κ1) is 27.0. The van der Waals surface area contributed by atoms with Crippen LogP contribution < -0.4 is 0 Å². The van der Waals surface area contributed by atoms with Crippen molar-refractivity contribution in [1.82, 2.24) is 4.98 Å². The first-order valence-corrected chi connectivity index (χ1v) is 11.8. The Kier molecular flexibility index (Phi) is 9.61. The summed E-state index contributed by atoms with van der Waals surface area (Å²) in [5.74, 6) is -0.991. The van der Waals surface area contributed by atoms with Crippen LogP contribution in [-0.4, -0.2) is 45.3 Å². The van der Waals surface area contributed by atoms with Crippen molar-refractivity contribution in [2.45, 2.75) is 92.0 Å². The summed E-state index contributed by atoms with van der Waals surface area (Å²) >= 11 is 0. The highest BCUT2D eigenvalue weighted by atomic mass is 16.5. The number of carbonyl (C=O) groups is 2. The van der Waals surface area contributed by atoms with E-state index < -0.39 is 35.6 Å². The van der Waals surface area contributed by atoms with Gasteiger partial charge in [0.1, 0.15) is 23.8 Å². The number of nitrogens with zero attached hydrogens (tertiary/aromatic N) is 1. The monoisotopic (exact) mass is 461 g/mol. The van der Waals surface area contributed by atoms with Crippen LogP contribution in [0.4, 0.5) is 0 Å². The molecule has 1 aromatic rings. The molecule has 7 nitrogen and oxygen atoms in total. The van der Waals surface area contributed by atoms with Crippen LogP contribution in [0.25, 0.3) is 6.08 Å². The van der Waals surface area contributed by atoms with Crippen LogP contribution in [-0.2, 0) is 14.3 Å². The molecule has 2 N–H and O–H groups in total. The van der Waals surface area contributed by atoms with E-state index >= 15 is 0 Å². The fourth-order valence-corrected chi connectivity index (χ4v) is 4.18. The Bertz CT molecular complexity index is 868. The minimum atomic E-state index is -1.23. The van der Waals surface area contributed by atoms with E-state index in [0.29, 0.717) is 18.0 Å². The van der Waals surface area contributed by atoms with Crippen molar-refractivity contribution in [3.8, 4) is 0 Å². The summed E-state index contributed by atoms with van der Waals surface area (Å²) in [6.45, 7) is 10.5. The Labute approximate surface area is 196 Å². The second-order valence-corrected chi connectivity index (χ2v) is 9.86. The summed E-state index contributed by atoms with van der Waals surface area (Å²) in [6, 6.07) is 0. The van der Waals surface area contributed by atoms with Crippen LogP contribution >= 0.6 is 0 Å². The van der Waals surface area contributed by atoms with Gasteiger partial charge in [0.15, 0.2) is 5.89 Å². The van der Waals surface area contributed by atoms with Crippen LogP contribution in [0.1, 0.15) is 78.3 Å². The lowest BCUT2D eigenvalue weighted by atomic mass is 9.73. The van der Waals surface area contributed by atoms with Gasteiger partial charge in [-0.25, -0.2) is 4.98 Å². The largest absolute Gasteiger partial charge is 0.457 e. The summed E-state index contributed by atoms with van der Waals surface area (Å²) in [4.78, 5) is 30.1. The average Bonchev–Trinajstić information content (AvgIpc) is 3.16. The number of oxazole rings is 1. The van der Waals surface area contributed by atoms with Crippen molar-refractivity contribution in [1.29, 1.82) is 0 Å². The number of cyclic esters (lactones) is 1. The number of ketones is 1. The van der Waals surface area contributed by atoms with Gasteiger partial charge in [0.25, 0.3) is 0 Å². The smallest absolute Gasteiger partial charge is 0.309 e. The lowest BCUT2D eigenvalue weighted by molar-refractivity contribution is -0.154. The Morgan fingerprint density at radius 2 is 1.91 bits per heavy atom. The maximum Gasteiger partial charge on any atom is 0.309 e. The van der Waals surface area contributed by atoms with E-state index in [1.165, 1.54) is 0 Å². The van der Waals surface area contributed by atoms with Gasteiger partial charge in [-0.05, 0) is 43.8 Å². The van der Waals surface area contributed by atoms with Gasteiger partial charge in [-0.3, -0.25) is 9.59 Å². The molecule has 184 valence electrons. The van der Waals surface area contributed by atoms with Crippen LogP contribution in [0.2, 0.25) is 0 Å². The molecule has 0 aliphatic carbocycles. The van der Waals surface area contributed by atoms with E-state index in [-0.39, 0.29) is 18.1 Å². The second-order valence-electron chi connectivity index (χ2n) is 9.86. The summed E-state index contributed by atoms with van der Waals surface area (Å²) in [5.41, 5.74) is 0.248. The normalized spacial score (nSPS) is 30.8. The molecular weight excluding hydrogens is 422 g/mol. The molecule has 33 heavy (non-hydrogen) atoms. The number of aliphatic hydroxyl groups excluding tert-OH is 2. The highest BCUT2D eigenvalue weighted by Gasteiger charge is 2.42. The van der Waals surface area contributed by atoms with E-state index in [1.807, 2.05) is 32.1 Å². The number of aryl methyl sites for hydroxylation is 1. The molecule has 0 aromatic carbocycles. The predicted molar refractivity (Wildman–Crippen MR) is 126 cm³/mol. The van der Waals surface area contributed by atoms with E-state index in [1.54, 1.807) is 34.0 Å². The van der Waals surface area contributed by atoms with Gasteiger partial charge >= 0.3 is 5.97 Å². The fourth-order valence-electron chi connectivity index (χ4n) is 4.18. The third-order valence-corrected chi connectivity index (χ3v) is 6.68. The highest BCUT2D eigenvalue weighted by Crippen LogP contribution is 2.32. The van der Waals surface area contributed by atoms with Crippen molar-refractivity contribution in [2.75, 3.05) is 0 Å².